The minimum atomic E-state index is -0.191. The molecule has 0 fully saturated rings. The highest BCUT2D eigenvalue weighted by Gasteiger charge is 2.01. The van der Waals surface area contributed by atoms with Crippen molar-refractivity contribution in [1.29, 1.82) is 0 Å². The maximum atomic E-state index is 10.9. The molecule has 1 aromatic heterocycles. The summed E-state index contributed by atoms with van der Waals surface area (Å²) in [5.74, 6) is 1.86. The smallest absolute Gasteiger partial charge is 0.315 e. The van der Waals surface area contributed by atoms with Crippen molar-refractivity contribution in [3.05, 3.63) is 23.9 Å². The lowest BCUT2D eigenvalue weighted by molar-refractivity contribution is -0.137. The fraction of sp³-hybridized carbons (Fsp3) is 0.500. The molecule has 4 nitrogen and oxygen atoms in total. The molecular weight excluding hydrogens is 236 g/mol. The predicted octanol–water partition coefficient (Wildman–Crippen LogP) is 2.31. The first-order valence-corrected chi connectivity index (χ1v) is 6.75. The lowest BCUT2D eigenvalue weighted by atomic mass is 10.3. The van der Waals surface area contributed by atoms with Gasteiger partial charge in [0.2, 0.25) is 0 Å². The first-order valence-electron chi connectivity index (χ1n) is 5.59. The number of rotatable bonds is 7. The standard InChI is InChI=1S/C12H18N2O2S/c1-3-6-13-11-5-4-10(7-14-11)8-17-9-12(15)16-2/h4-5,7H,3,6,8-9H2,1-2H3,(H,13,14). The molecule has 1 heterocycles. The Balaban J connectivity index is 2.32. The number of esters is 1. The van der Waals surface area contributed by atoms with Gasteiger partial charge in [0.15, 0.2) is 0 Å². The van der Waals surface area contributed by atoms with Crippen LogP contribution in [-0.4, -0.2) is 30.4 Å². The first-order chi connectivity index (χ1) is 8.26. The van der Waals surface area contributed by atoms with Gasteiger partial charge in [0.05, 0.1) is 12.9 Å². The normalized spacial score (nSPS) is 10.0. The van der Waals surface area contributed by atoms with Crippen LogP contribution in [0.25, 0.3) is 0 Å². The third kappa shape index (κ3) is 5.58. The second-order valence-corrected chi connectivity index (χ2v) is 4.53. The van der Waals surface area contributed by atoms with E-state index in [1.54, 1.807) is 0 Å². The predicted molar refractivity (Wildman–Crippen MR) is 71.2 cm³/mol. The fourth-order valence-corrected chi connectivity index (χ4v) is 1.97. The van der Waals surface area contributed by atoms with E-state index >= 15 is 0 Å². The number of aromatic nitrogens is 1. The molecule has 0 radical (unpaired) electrons. The van der Waals surface area contributed by atoms with Crippen molar-refractivity contribution in [2.24, 2.45) is 0 Å². The summed E-state index contributed by atoms with van der Waals surface area (Å²) in [6.45, 7) is 3.05. The number of ether oxygens (including phenoxy) is 1. The fourth-order valence-electron chi connectivity index (χ4n) is 1.18. The van der Waals surface area contributed by atoms with Crippen LogP contribution >= 0.6 is 11.8 Å². The number of thioether (sulfide) groups is 1. The van der Waals surface area contributed by atoms with Crippen LogP contribution in [0.2, 0.25) is 0 Å². The molecule has 0 saturated carbocycles. The Morgan fingerprint density at radius 3 is 2.94 bits per heavy atom. The molecule has 1 aromatic rings. The molecule has 17 heavy (non-hydrogen) atoms. The van der Waals surface area contributed by atoms with Crippen molar-refractivity contribution in [1.82, 2.24) is 4.98 Å². The van der Waals surface area contributed by atoms with E-state index in [-0.39, 0.29) is 5.97 Å². The van der Waals surface area contributed by atoms with Gasteiger partial charge >= 0.3 is 5.97 Å². The molecule has 1 N–H and O–H groups in total. The summed E-state index contributed by atoms with van der Waals surface area (Å²) >= 11 is 1.53. The van der Waals surface area contributed by atoms with Gasteiger partial charge in [-0.1, -0.05) is 13.0 Å². The van der Waals surface area contributed by atoms with Crippen LogP contribution in [0.1, 0.15) is 18.9 Å². The molecule has 5 heteroatoms. The highest BCUT2D eigenvalue weighted by molar-refractivity contribution is 7.99. The third-order valence-corrected chi connectivity index (χ3v) is 3.07. The lowest BCUT2D eigenvalue weighted by Crippen LogP contribution is -2.04. The number of carbonyl (C=O) groups is 1. The van der Waals surface area contributed by atoms with Crippen LogP contribution in [0.4, 0.5) is 5.82 Å². The number of hydrogen-bond acceptors (Lipinski definition) is 5. The molecule has 0 aliphatic carbocycles. The van der Waals surface area contributed by atoms with E-state index in [0.717, 1.165) is 30.1 Å². The Morgan fingerprint density at radius 1 is 1.53 bits per heavy atom. The molecule has 94 valence electrons. The summed E-state index contributed by atoms with van der Waals surface area (Å²) in [7, 11) is 1.40. The zero-order valence-electron chi connectivity index (χ0n) is 10.2. The third-order valence-electron chi connectivity index (χ3n) is 2.10. The number of anilines is 1. The van der Waals surface area contributed by atoms with Crippen molar-refractivity contribution in [2.45, 2.75) is 19.1 Å². The average molecular weight is 254 g/mol. The van der Waals surface area contributed by atoms with Gasteiger partial charge in [0.25, 0.3) is 0 Å². The molecule has 1 rings (SSSR count). The van der Waals surface area contributed by atoms with Gasteiger partial charge in [-0.15, -0.1) is 11.8 Å². The molecule has 0 spiro atoms. The number of nitrogens with zero attached hydrogens (tertiary/aromatic N) is 1. The van der Waals surface area contributed by atoms with Crippen molar-refractivity contribution >= 4 is 23.5 Å². The highest BCUT2D eigenvalue weighted by atomic mass is 32.2. The SMILES string of the molecule is CCCNc1ccc(CSCC(=O)OC)cn1. The maximum absolute atomic E-state index is 10.9. The van der Waals surface area contributed by atoms with E-state index in [9.17, 15) is 4.79 Å². The second kappa shape index (κ2) is 7.95. The maximum Gasteiger partial charge on any atom is 0.315 e. The van der Waals surface area contributed by atoms with Crippen LogP contribution in [0.3, 0.4) is 0 Å². The average Bonchev–Trinajstić information content (AvgIpc) is 2.37. The van der Waals surface area contributed by atoms with Gasteiger partial charge in [-0.2, -0.15) is 0 Å². The minimum absolute atomic E-state index is 0.191. The number of nitrogens with one attached hydrogen (secondary N) is 1. The molecule has 0 aliphatic rings. The first kappa shape index (κ1) is 13.8. The van der Waals surface area contributed by atoms with E-state index in [1.165, 1.54) is 18.9 Å². The van der Waals surface area contributed by atoms with E-state index in [4.69, 9.17) is 0 Å². The molecule has 0 atom stereocenters. The molecule has 0 aliphatic heterocycles. The van der Waals surface area contributed by atoms with E-state index < -0.39 is 0 Å². The van der Waals surface area contributed by atoms with Crippen LogP contribution in [0.15, 0.2) is 18.3 Å². The van der Waals surface area contributed by atoms with Gasteiger partial charge in [0, 0.05) is 18.5 Å². The number of hydrogen-bond donors (Lipinski definition) is 1. The van der Waals surface area contributed by atoms with Gasteiger partial charge in [-0.3, -0.25) is 4.79 Å². The topological polar surface area (TPSA) is 51.2 Å². The van der Waals surface area contributed by atoms with E-state index in [0.29, 0.717) is 5.75 Å². The Hall–Kier alpha value is -1.23. The van der Waals surface area contributed by atoms with Crippen LogP contribution in [0, 0.1) is 0 Å². The van der Waals surface area contributed by atoms with Crippen LogP contribution in [-0.2, 0) is 15.3 Å². The summed E-state index contributed by atoms with van der Waals surface area (Å²) in [4.78, 5) is 15.2. The zero-order chi connectivity index (χ0) is 12.5. The summed E-state index contributed by atoms with van der Waals surface area (Å²) in [6.07, 6.45) is 2.92. The van der Waals surface area contributed by atoms with Gasteiger partial charge < -0.3 is 10.1 Å². The summed E-state index contributed by atoms with van der Waals surface area (Å²) in [5, 5.41) is 3.21. The quantitative estimate of drug-likeness (QED) is 0.757. The number of methoxy groups -OCH3 is 1. The van der Waals surface area contributed by atoms with Gasteiger partial charge in [0.1, 0.15) is 5.82 Å². The Morgan fingerprint density at radius 2 is 2.35 bits per heavy atom. The van der Waals surface area contributed by atoms with Gasteiger partial charge in [-0.25, -0.2) is 4.98 Å². The molecular formula is C12H18N2O2S. The largest absolute Gasteiger partial charge is 0.468 e. The lowest BCUT2D eigenvalue weighted by Gasteiger charge is -2.05. The number of carbonyl (C=O) groups excluding carboxylic acids is 1. The summed E-state index contributed by atoms with van der Waals surface area (Å²) in [6, 6.07) is 3.99. The molecule has 0 unspecified atom stereocenters. The highest BCUT2D eigenvalue weighted by Crippen LogP contribution is 2.13. The van der Waals surface area contributed by atoms with Crippen molar-refractivity contribution < 1.29 is 9.53 Å². The Bertz CT molecular complexity index is 341. The summed E-state index contributed by atoms with van der Waals surface area (Å²) in [5.41, 5.74) is 1.11. The Kier molecular flexibility index (Phi) is 6.47. The monoisotopic (exact) mass is 254 g/mol. The van der Waals surface area contributed by atoms with Gasteiger partial charge in [-0.05, 0) is 18.1 Å². The molecule has 0 bridgehead atoms. The second-order valence-electron chi connectivity index (χ2n) is 3.55. The van der Waals surface area contributed by atoms with Crippen LogP contribution < -0.4 is 5.32 Å². The van der Waals surface area contributed by atoms with Crippen molar-refractivity contribution in [2.75, 3.05) is 24.7 Å². The molecule has 0 amide bonds. The van der Waals surface area contributed by atoms with Crippen LogP contribution in [0.5, 0.6) is 0 Å². The number of pyridine rings is 1. The van der Waals surface area contributed by atoms with E-state index in [1.807, 2.05) is 18.3 Å². The van der Waals surface area contributed by atoms with Crippen molar-refractivity contribution in [3.63, 3.8) is 0 Å². The zero-order valence-corrected chi connectivity index (χ0v) is 11.0. The van der Waals surface area contributed by atoms with E-state index in [2.05, 4.69) is 22.0 Å². The Labute approximate surface area is 106 Å². The summed E-state index contributed by atoms with van der Waals surface area (Å²) < 4.78 is 4.57. The minimum Gasteiger partial charge on any atom is -0.468 e. The van der Waals surface area contributed by atoms with Crippen molar-refractivity contribution in [3.8, 4) is 0 Å². The molecule has 0 aromatic carbocycles. The molecule has 0 saturated heterocycles.